The summed E-state index contributed by atoms with van der Waals surface area (Å²) in [5.74, 6) is -1.52. The lowest BCUT2D eigenvalue weighted by molar-refractivity contribution is -0.360. The SMILES string of the molecule is CCCCCCCCCCCCC/C=C/C=C/C(=O)OCC1OC(OC2C(O)C(O)C(O)C(OC3OC(CO)C(O)C(O)C3O)C2OP(=O)(O)OCC(COC(=O)CCCCCCCCC(C)CCCCCCCC)OC(=O)CCCCCCCCCCCCCCCCC)C(O)C(O)C1O. The molecule has 0 bridgehead atoms. The van der Waals surface area contributed by atoms with Gasteiger partial charge in [-0.15, -0.1) is 0 Å². The molecule has 3 rings (SSSR count). The highest BCUT2D eigenvalue weighted by atomic mass is 31.2. The largest absolute Gasteiger partial charge is 0.472 e. The molecule has 0 amide bonds. The predicted molar refractivity (Wildman–Crippen MR) is 384 cm³/mol. The summed E-state index contributed by atoms with van der Waals surface area (Å²) < 4.78 is 65.0. The highest BCUT2D eigenvalue weighted by Crippen LogP contribution is 2.49. The molecule has 0 aromatic rings. The van der Waals surface area contributed by atoms with E-state index in [0.717, 1.165) is 96.0 Å². The molecule has 24 nitrogen and oxygen atoms in total. The number of hydrogen-bond donors (Lipinski definition) is 11. The molecule has 0 spiro atoms. The molecule has 3 aliphatic rings. The summed E-state index contributed by atoms with van der Waals surface area (Å²) in [6.07, 6.45) is 17.2. The Bertz CT molecular complexity index is 2190. The van der Waals surface area contributed by atoms with E-state index >= 15 is 0 Å². The zero-order valence-corrected chi connectivity index (χ0v) is 63.0. The molecule has 25 heteroatoms. The first-order valence-electron chi connectivity index (χ1n) is 39.6. The lowest BCUT2D eigenvalue weighted by atomic mass is 9.84. The third-order valence-electron chi connectivity index (χ3n) is 19.7. The van der Waals surface area contributed by atoms with Crippen LogP contribution in [0.5, 0.6) is 0 Å². The normalized spacial score (nSPS) is 27.6. The highest BCUT2D eigenvalue weighted by molar-refractivity contribution is 7.47. The van der Waals surface area contributed by atoms with Gasteiger partial charge in [0.25, 0.3) is 0 Å². The molecular formula is C76H139O24P. The molecule has 2 aliphatic heterocycles. The number of carbonyl (C=O) groups is 3. The van der Waals surface area contributed by atoms with E-state index in [4.69, 9.17) is 42.2 Å². The maximum Gasteiger partial charge on any atom is 0.472 e. The summed E-state index contributed by atoms with van der Waals surface area (Å²) >= 11 is 0. The van der Waals surface area contributed by atoms with Crippen LogP contribution in [0.1, 0.15) is 304 Å². The Kier molecular flexibility index (Phi) is 52.0. The quantitative estimate of drug-likeness (QED) is 0.00673. The number of ether oxygens (including phenoxy) is 7. The molecule has 11 N–H and O–H groups in total. The summed E-state index contributed by atoms with van der Waals surface area (Å²) in [4.78, 5) is 51.0. The van der Waals surface area contributed by atoms with Crippen LogP contribution in [0.15, 0.2) is 24.3 Å². The number of rotatable bonds is 61. The Morgan fingerprint density at radius 1 is 0.436 bits per heavy atom. The lowest BCUT2D eigenvalue weighted by Gasteiger charge is -2.49. The minimum absolute atomic E-state index is 0.0392. The van der Waals surface area contributed by atoms with Gasteiger partial charge in [-0.05, 0) is 31.6 Å². The zero-order valence-electron chi connectivity index (χ0n) is 62.1. The Morgan fingerprint density at radius 3 is 1.27 bits per heavy atom. The first-order chi connectivity index (χ1) is 48.7. The standard InChI is InChI=1S/C76H139O24P/c1-5-8-11-14-17-19-21-23-25-27-29-31-33-39-45-50-61(79)93-55-59-64(82)66(84)71(89)76(97-59)99-73-69(87)67(85)68(86)72(98-75-70(88)65(83)63(81)58(52-77)96-75)74(73)100-101(90,91)94-54-57(95-62(80)51-46-41-34-32-30-28-26-24-22-20-18-15-12-9-6-2)53-92-60(78)49-44-40-36-35-38-43-48-56(4)47-42-37-16-13-10-7-3/h33,39,45,50,56-59,63-77,81-89H,5-32,34-38,40-44,46-49,51-55H2,1-4H3,(H,90,91)/b39-33+,50-45+. The monoisotopic (exact) mass is 1470 g/mol. The Morgan fingerprint density at radius 2 is 0.822 bits per heavy atom. The molecule has 592 valence electrons. The molecule has 0 aromatic heterocycles. The van der Waals surface area contributed by atoms with Gasteiger partial charge in [-0.3, -0.25) is 18.6 Å². The van der Waals surface area contributed by atoms with Crippen LogP contribution in [0.3, 0.4) is 0 Å². The van der Waals surface area contributed by atoms with Crippen molar-refractivity contribution in [1.82, 2.24) is 0 Å². The molecular weight excluding hydrogens is 1330 g/mol. The Balaban J connectivity index is 1.74. The van der Waals surface area contributed by atoms with E-state index in [1.165, 1.54) is 167 Å². The molecule has 1 aliphatic carbocycles. The van der Waals surface area contributed by atoms with Crippen molar-refractivity contribution >= 4 is 25.7 Å². The second kappa shape index (κ2) is 56.7. The number of esters is 3. The Labute approximate surface area is 605 Å². The van der Waals surface area contributed by atoms with Crippen molar-refractivity contribution in [2.45, 2.75) is 408 Å². The maximum atomic E-state index is 14.4. The first-order valence-corrected chi connectivity index (χ1v) is 41.0. The summed E-state index contributed by atoms with van der Waals surface area (Å²) in [5.41, 5.74) is 0. The predicted octanol–water partition coefficient (Wildman–Crippen LogP) is 11.5. The van der Waals surface area contributed by atoms with E-state index in [9.17, 15) is 74.9 Å². The van der Waals surface area contributed by atoms with Gasteiger partial charge in [0.1, 0.15) is 98.7 Å². The van der Waals surface area contributed by atoms with Gasteiger partial charge in [0, 0.05) is 18.9 Å². The van der Waals surface area contributed by atoms with Crippen LogP contribution in [0.25, 0.3) is 0 Å². The van der Waals surface area contributed by atoms with Crippen LogP contribution in [-0.2, 0) is 61.2 Å². The first kappa shape index (κ1) is 92.6. The molecule has 0 aromatic carbocycles. The van der Waals surface area contributed by atoms with Crippen LogP contribution in [0.2, 0.25) is 0 Å². The van der Waals surface area contributed by atoms with E-state index in [1.54, 1.807) is 6.08 Å². The average Bonchev–Trinajstić information content (AvgIpc) is 0.760. The van der Waals surface area contributed by atoms with E-state index in [2.05, 4.69) is 27.7 Å². The summed E-state index contributed by atoms with van der Waals surface area (Å²) in [6.45, 7) is 5.71. The van der Waals surface area contributed by atoms with Gasteiger partial charge in [-0.25, -0.2) is 9.36 Å². The summed E-state index contributed by atoms with van der Waals surface area (Å²) in [5, 5.41) is 110. The second-order valence-corrected chi connectivity index (χ2v) is 30.2. The van der Waals surface area contributed by atoms with Crippen LogP contribution in [0, 0.1) is 5.92 Å². The van der Waals surface area contributed by atoms with Gasteiger partial charge in [0.15, 0.2) is 18.7 Å². The van der Waals surface area contributed by atoms with E-state index in [-0.39, 0.29) is 12.8 Å². The second-order valence-electron chi connectivity index (χ2n) is 28.8. The molecule has 19 atom stereocenters. The van der Waals surface area contributed by atoms with Gasteiger partial charge in [0.2, 0.25) is 0 Å². The molecule has 101 heavy (non-hydrogen) atoms. The fourth-order valence-corrected chi connectivity index (χ4v) is 14.2. The molecule has 3 fully saturated rings. The van der Waals surface area contributed by atoms with E-state index in [1.807, 2.05) is 6.08 Å². The number of unbranched alkanes of at least 4 members (excludes halogenated alkanes) is 35. The van der Waals surface area contributed by atoms with Gasteiger partial charge >= 0.3 is 25.7 Å². The molecule has 19 unspecified atom stereocenters. The fraction of sp³-hybridized carbons (Fsp3) is 0.908. The summed E-state index contributed by atoms with van der Waals surface area (Å²) in [6, 6.07) is 0. The number of allylic oxidation sites excluding steroid dienone is 3. The average molecular weight is 1470 g/mol. The van der Waals surface area contributed by atoms with E-state index in [0.29, 0.717) is 18.8 Å². The van der Waals surface area contributed by atoms with Crippen molar-refractivity contribution in [2.75, 3.05) is 26.4 Å². The number of hydrogen-bond acceptors (Lipinski definition) is 23. The molecule has 0 radical (unpaired) electrons. The maximum absolute atomic E-state index is 14.4. The fourth-order valence-electron chi connectivity index (χ4n) is 13.2. The minimum Gasteiger partial charge on any atom is -0.462 e. The smallest absolute Gasteiger partial charge is 0.462 e. The molecule has 2 saturated heterocycles. The zero-order chi connectivity index (χ0) is 74.1. The topological polar surface area (TPSA) is 374 Å². The van der Waals surface area contributed by atoms with Gasteiger partial charge in [-0.1, -0.05) is 283 Å². The third kappa shape index (κ3) is 39.7. The van der Waals surface area contributed by atoms with E-state index < -0.39 is 156 Å². The van der Waals surface area contributed by atoms with Crippen LogP contribution in [-0.4, -0.2) is 204 Å². The van der Waals surface area contributed by atoms with Crippen LogP contribution < -0.4 is 0 Å². The van der Waals surface area contributed by atoms with Crippen molar-refractivity contribution in [3.8, 4) is 0 Å². The van der Waals surface area contributed by atoms with Crippen molar-refractivity contribution < 1.29 is 117 Å². The molecule has 1 saturated carbocycles. The highest BCUT2D eigenvalue weighted by Gasteiger charge is 2.58. The number of aliphatic hydroxyl groups is 10. The third-order valence-corrected chi connectivity index (χ3v) is 20.7. The van der Waals surface area contributed by atoms with Gasteiger partial charge in [0.05, 0.1) is 13.2 Å². The number of aliphatic hydroxyl groups excluding tert-OH is 10. The van der Waals surface area contributed by atoms with Crippen molar-refractivity contribution in [3.05, 3.63) is 24.3 Å². The number of carbonyl (C=O) groups excluding carboxylic acids is 3. The van der Waals surface area contributed by atoms with Crippen molar-refractivity contribution in [2.24, 2.45) is 5.92 Å². The molecule has 2 heterocycles. The van der Waals surface area contributed by atoms with Crippen molar-refractivity contribution in [3.63, 3.8) is 0 Å². The summed E-state index contributed by atoms with van der Waals surface area (Å²) in [7, 11) is -5.71. The van der Waals surface area contributed by atoms with Gasteiger partial charge in [-0.2, -0.15) is 0 Å². The van der Waals surface area contributed by atoms with Gasteiger partial charge < -0.3 is 89.1 Å². The van der Waals surface area contributed by atoms with Crippen LogP contribution >= 0.6 is 7.82 Å². The number of phosphoric acid groups is 1. The minimum atomic E-state index is -5.71. The van der Waals surface area contributed by atoms with Crippen LogP contribution in [0.4, 0.5) is 0 Å². The lowest BCUT2D eigenvalue weighted by Crippen LogP contribution is -2.69. The Hall–Kier alpha value is -2.56. The van der Waals surface area contributed by atoms with Crippen molar-refractivity contribution in [1.29, 1.82) is 0 Å². The number of phosphoric ester groups is 1.